The molecule has 0 saturated carbocycles. The zero-order valence-corrected chi connectivity index (χ0v) is 21.5. The van der Waals surface area contributed by atoms with E-state index in [1.165, 1.54) is 17.2 Å². The fourth-order valence-corrected chi connectivity index (χ4v) is 4.98. The standard InChI is InChI=1S/C30H36O4/c1-8-32-26-18-24-23(29(4,5)13-14-30(24,6)7)17-22(26)21-12-10-11-20-16-25(34-28(20)21)19(3)15-27(31)33-9-2/h10-12,15-18H,8-9,13-14H2,1-7H3. The van der Waals surface area contributed by atoms with Crippen molar-refractivity contribution in [1.29, 1.82) is 0 Å². The van der Waals surface area contributed by atoms with Crippen LogP contribution in [0.3, 0.4) is 0 Å². The Morgan fingerprint density at radius 3 is 2.29 bits per heavy atom. The minimum Gasteiger partial charge on any atom is -0.493 e. The second-order valence-electron chi connectivity index (χ2n) is 10.5. The SMILES string of the molecule is CCOC(=O)C=C(C)c1cc2cccc(-c3cc4c(cc3OCC)C(C)(C)CCC4(C)C)c2o1. The van der Waals surface area contributed by atoms with Crippen molar-refractivity contribution < 1.29 is 18.7 Å². The second kappa shape index (κ2) is 8.98. The fourth-order valence-electron chi connectivity index (χ4n) is 4.98. The van der Waals surface area contributed by atoms with Crippen molar-refractivity contribution in [2.75, 3.05) is 13.2 Å². The summed E-state index contributed by atoms with van der Waals surface area (Å²) in [6.45, 7) is 15.9. The van der Waals surface area contributed by atoms with Crippen LogP contribution >= 0.6 is 0 Å². The maximum atomic E-state index is 11.9. The number of ether oxygens (including phenoxy) is 2. The van der Waals surface area contributed by atoms with Crippen LogP contribution in [0.4, 0.5) is 0 Å². The first kappa shape index (κ1) is 24.1. The van der Waals surface area contributed by atoms with Crippen LogP contribution in [0, 0.1) is 0 Å². The zero-order chi connectivity index (χ0) is 24.7. The van der Waals surface area contributed by atoms with E-state index >= 15 is 0 Å². The van der Waals surface area contributed by atoms with Crippen LogP contribution < -0.4 is 4.74 Å². The Kier molecular flexibility index (Phi) is 6.37. The van der Waals surface area contributed by atoms with Crippen molar-refractivity contribution in [1.82, 2.24) is 0 Å². The number of furan rings is 1. The molecule has 1 aromatic heterocycles. The summed E-state index contributed by atoms with van der Waals surface area (Å²) >= 11 is 0. The predicted molar refractivity (Wildman–Crippen MR) is 138 cm³/mol. The van der Waals surface area contributed by atoms with Gasteiger partial charge in [0.1, 0.15) is 17.1 Å². The number of esters is 1. The van der Waals surface area contributed by atoms with Crippen LogP contribution in [0.1, 0.15) is 78.2 Å². The molecule has 0 atom stereocenters. The summed E-state index contributed by atoms with van der Waals surface area (Å²) in [7, 11) is 0. The van der Waals surface area contributed by atoms with Crippen LogP contribution in [0.25, 0.3) is 27.7 Å². The van der Waals surface area contributed by atoms with E-state index in [-0.39, 0.29) is 16.8 Å². The maximum Gasteiger partial charge on any atom is 0.331 e. The average Bonchev–Trinajstić information content (AvgIpc) is 3.22. The van der Waals surface area contributed by atoms with E-state index in [0.717, 1.165) is 46.3 Å². The summed E-state index contributed by atoms with van der Waals surface area (Å²) in [5, 5.41) is 0.990. The highest BCUT2D eigenvalue weighted by molar-refractivity contribution is 5.97. The molecule has 2 aromatic carbocycles. The van der Waals surface area contributed by atoms with E-state index in [1.807, 2.05) is 32.0 Å². The van der Waals surface area contributed by atoms with Gasteiger partial charge >= 0.3 is 5.97 Å². The third-order valence-corrected chi connectivity index (χ3v) is 7.10. The lowest BCUT2D eigenvalue weighted by Gasteiger charge is -2.42. The number of hydrogen-bond donors (Lipinski definition) is 0. The molecule has 34 heavy (non-hydrogen) atoms. The summed E-state index contributed by atoms with van der Waals surface area (Å²) in [4.78, 5) is 11.9. The third kappa shape index (κ3) is 4.38. The number of carbonyl (C=O) groups excluding carboxylic acids is 1. The lowest BCUT2D eigenvalue weighted by Crippen LogP contribution is -2.33. The molecule has 4 rings (SSSR count). The Balaban J connectivity index is 1.91. The van der Waals surface area contributed by atoms with E-state index in [4.69, 9.17) is 13.9 Å². The third-order valence-electron chi connectivity index (χ3n) is 7.10. The van der Waals surface area contributed by atoms with Gasteiger partial charge in [0.2, 0.25) is 0 Å². The smallest absolute Gasteiger partial charge is 0.331 e. The molecule has 0 spiro atoms. The minimum absolute atomic E-state index is 0.0888. The van der Waals surface area contributed by atoms with Crippen LogP contribution in [0.15, 0.2) is 46.9 Å². The molecule has 0 amide bonds. The molecule has 0 saturated heterocycles. The molecule has 0 N–H and O–H groups in total. The minimum atomic E-state index is -0.362. The van der Waals surface area contributed by atoms with Gasteiger partial charge in [-0.2, -0.15) is 0 Å². The summed E-state index contributed by atoms with van der Waals surface area (Å²) in [5.41, 5.74) is 6.52. The molecule has 4 heteroatoms. The summed E-state index contributed by atoms with van der Waals surface area (Å²) in [6, 6.07) is 12.7. The monoisotopic (exact) mass is 460 g/mol. The molecule has 0 unspecified atom stereocenters. The van der Waals surface area contributed by atoms with E-state index in [2.05, 4.69) is 45.9 Å². The Labute approximate surface area is 202 Å². The number of hydrogen-bond acceptors (Lipinski definition) is 4. The second-order valence-corrected chi connectivity index (χ2v) is 10.5. The van der Waals surface area contributed by atoms with E-state index in [0.29, 0.717) is 19.0 Å². The first-order valence-electron chi connectivity index (χ1n) is 12.3. The predicted octanol–water partition coefficient (Wildman–Crippen LogP) is 7.81. The Morgan fingerprint density at radius 1 is 0.971 bits per heavy atom. The highest BCUT2D eigenvalue weighted by Crippen LogP contribution is 2.50. The van der Waals surface area contributed by atoms with Gasteiger partial charge in [0.25, 0.3) is 0 Å². The first-order chi connectivity index (χ1) is 16.1. The van der Waals surface area contributed by atoms with E-state index < -0.39 is 0 Å². The van der Waals surface area contributed by atoms with E-state index in [1.54, 1.807) is 6.92 Å². The molecular formula is C30H36O4. The molecule has 0 radical (unpaired) electrons. The molecule has 0 bridgehead atoms. The normalized spacial score (nSPS) is 16.9. The largest absolute Gasteiger partial charge is 0.493 e. The van der Waals surface area contributed by atoms with Crippen LogP contribution in [0.5, 0.6) is 5.75 Å². The Bertz CT molecular complexity index is 1260. The Morgan fingerprint density at radius 2 is 1.65 bits per heavy atom. The lowest BCUT2D eigenvalue weighted by molar-refractivity contribution is -0.137. The molecule has 0 aliphatic heterocycles. The maximum absolute atomic E-state index is 11.9. The number of carbonyl (C=O) groups is 1. The van der Waals surface area contributed by atoms with Crippen LogP contribution in [-0.2, 0) is 20.4 Å². The number of benzene rings is 2. The molecule has 4 nitrogen and oxygen atoms in total. The van der Waals surface area contributed by atoms with Gasteiger partial charge in [-0.25, -0.2) is 4.79 Å². The van der Waals surface area contributed by atoms with Gasteiger partial charge < -0.3 is 13.9 Å². The quantitative estimate of drug-likeness (QED) is 0.278. The van der Waals surface area contributed by atoms with Crippen molar-refractivity contribution in [3.05, 3.63) is 59.4 Å². The molecule has 180 valence electrons. The van der Waals surface area contributed by atoms with Crippen LogP contribution in [-0.4, -0.2) is 19.2 Å². The lowest BCUT2D eigenvalue weighted by atomic mass is 9.62. The van der Waals surface area contributed by atoms with Crippen molar-refractivity contribution in [3.8, 4) is 16.9 Å². The number of allylic oxidation sites excluding steroid dienone is 1. The average molecular weight is 461 g/mol. The molecule has 3 aromatic rings. The fraction of sp³-hybridized carbons (Fsp3) is 0.433. The topological polar surface area (TPSA) is 48.7 Å². The number of fused-ring (bicyclic) bond motifs is 2. The molecule has 1 aliphatic carbocycles. The van der Waals surface area contributed by atoms with Gasteiger partial charge in [0.15, 0.2) is 0 Å². The van der Waals surface area contributed by atoms with Crippen molar-refractivity contribution in [2.24, 2.45) is 0 Å². The van der Waals surface area contributed by atoms with Gasteiger partial charge in [0.05, 0.1) is 13.2 Å². The number of rotatable bonds is 6. The molecular weight excluding hydrogens is 424 g/mol. The summed E-state index contributed by atoms with van der Waals surface area (Å²) < 4.78 is 17.6. The Hall–Kier alpha value is -3.01. The van der Waals surface area contributed by atoms with Gasteiger partial charge in [-0.3, -0.25) is 0 Å². The van der Waals surface area contributed by atoms with Crippen molar-refractivity contribution in [2.45, 2.75) is 72.1 Å². The highest BCUT2D eigenvalue weighted by atomic mass is 16.5. The van der Waals surface area contributed by atoms with Crippen LogP contribution in [0.2, 0.25) is 0 Å². The van der Waals surface area contributed by atoms with E-state index in [9.17, 15) is 4.79 Å². The van der Waals surface area contributed by atoms with Gasteiger partial charge in [-0.15, -0.1) is 0 Å². The summed E-state index contributed by atoms with van der Waals surface area (Å²) in [5.74, 6) is 1.18. The molecule has 1 heterocycles. The zero-order valence-electron chi connectivity index (χ0n) is 21.5. The number of para-hydroxylation sites is 1. The van der Waals surface area contributed by atoms with Crippen molar-refractivity contribution >= 4 is 22.5 Å². The van der Waals surface area contributed by atoms with Gasteiger partial charge in [0, 0.05) is 22.6 Å². The summed E-state index contributed by atoms with van der Waals surface area (Å²) in [6.07, 6.45) is 3.78. The first-order valence-corrected chi connectivity index (χ1v) is 12.3. The molecule has 1 aliphatic rings. The van der Waals surface area contributed by atoms with Gasteiger partial charge in [-0.1, -0.05) is 45.9 Å². The molecule has 0 fully saturated rings. The van der Waals surface area contributed by atoms with Gasteiger partial charge in [-0.05, 0) is 79.3 Å². The highest BCUT2D eigenvalue weighted by Gasteiger charge is 2.38. The van der Waals surface area contributed by atoms with Crippen molar-refractivity contribution in [3.63, 3.8) is 0 Å².